The average molecular weight is 444 g/mol. The van der Waals surface area contributed by atoms with Crippen molar-refractivity contribution in [2.45, 2.75) is 38.1 Å². The number of carbonyl (C=O) groups is 1. The normalized spacial score (nSPS) is 18.1. The van der Waals surface area contributed by atoms with Crippen LogP contribution in [0.1, 0.15) is 54.2 Å². The van der Waals surface area contributed by atoms with Crippen LogP contribution in [0.4, 0.5) is 5.95 Å². The summed E-state index contributed by atoms with van der Waals surface area (Å²) in [5, 5.41) is 3.35. The van der Waals surface area contributed by atoms with E-state index in [1.165, 1.54) is 25.5 Å². The van der Waals surface area contributed by atoms with E-state index in [0.717, 1.165) is 50.3 Å². The highest BCUT2D eigenvalue weighted by molar-refractivity contribution is 6.33. The van der Waals surface area contributed by atoms with Crippen LogP contribution in [0.2, 0.25) is 5.02 Å². The van der Waals surface area contributed by atoms with Gasteiger partial charge in [0.2, 0.25) is 5.95 Å². The smallest absolute Gasteiger partial charge is 0.271 e. The van der Waals surface area contributed by atoms with Crippen molar-refractivity contribution in [3.8, 4) is 5.75 Å². The van der Waals surface area contributed by atoms with Gasteiger partial charge in [-0.05, 0) is 56.5 Å². The Labute approximate surface area is 188 Å². The second-order valence-electron chi connectivity index (χ2n) is 8.16. The highest BCUT2D eigenvalue weighted by Gasteiger charge is 2.25. The molecule has 3 heterocycles. The number of aromatic nitrogens is 2. The molecule has 0 bridgehead atoms. The topological polar surface area (TPSA) is 70.6 Å². The Kier molecular flexibility index (Phi) is 7.25. The summed E-state index contributed by atoms with van der Waals surface area (Å²) < 4.78 is 5.30. The molecule has 1 aromatic heterocycles. The van der Waals surface area contributed by atoms with Crippen LogP contribution in [0.3, 0.4) is 0 Å². The molecule has 2 aliphatic heterocycles. The minimum atomic E-state index is -0.261. The number of amides is 1. The molecule has 0 spiro atoms. The number of benzene rings is 1. The lowest BCUT2D eigenvalue weighted by Gasteiger charge is -2.35. The van der Waals surface area contributed by atoms with Gasteiger partial charge in [0, 0.05) is 19.6 Å². The summed E-state index contributed by atoms with van der Waals surface area (Å²) in [4.78, 5) is 26.4. The van der Waals surface area contributed by atoms with E-state index in [4.69, 9.17) is 16.3 Å². The van der Waals surface area contributed by atoms with Crippen molar-refractivity contribution in [1.82, 2.24) is 20.2 Å². The van der Waals surface area contributed by atoms with Gasteiger partial charge in [-0.3, -0.25) is 9.69 Å². The maximum Gasteiger partial charge on any atom is 0.271 e. The number of piperidine rings is 1. The molecule has 1 N–H and O–H groups in total. The minimum absolute atomic E-state index is 0.0915. The van der Waals surface area contributed by atoms with Crippen LogP contribution in [-0.2, 0) is 0 Å². The van der Waals surface area contributed by atoms with Gasteiger partial charge in [0.25, 0.3) is 5.91 Å². The fourth-order valence-electron chi connectivity index (χ4n) is 4.37. The van der Waals surface area contributed by atoms with E-state index in [1.807, 2.05) is 12.1 Å². The fourth-order valence-corrected chi connectivity index (χ4v) is 4.55. The molecule has 2 fully saturated rings. The summed E-state index contributed by atoms with van der Waals surface area (Å²) in [5.74, 6) is 1.14. The quantitative estimate of drug-likeness (QED) is 0.703. The van der Waals surface area contributed by atoms with Gasteiger partial charge in [-0.2, -0.15) is 0 Å². The second kappa shape index (κ2) is 10.3. The third-order valence-corrected chi connectivity index (χ3v) is 6.40. The van der Waals surface area contributed by atoms with Crippen molar-refractivity contribution in [3.05, 3.63) is 46.7 Å². The molecule has 1 aromatic carbocycles. The largest absolute Gasteiger partial charge is 0.497 e. The number of hydrogen-bond acceptors (Lipinski definition) is 6. The van der Waals surface area contributed by atoms with Crippen molar-refractivity contribution in [2.24, 2.45) is 0 Å². The van der Waals surface area contributed by atoms with Crippen molar-refractivity contribution in [3.63, 3.8) is 0 Å². The zero-order valence-corrected chi connectivity index (χ0v) is 18.8. The monoisotopic (exact) mass is 443 g/mol. The van der Waals surface area contributed by atoms with E-state index in [1.54, 1.807) is 7.11 Å². The predicted molar refractivity (Wildman–Crippen MR) is 122 cm³/mol. The summed E-state index contributed by atoms with van der Waals surface area (Å²) in [6.45, 7) is 4.37. The van der Waals surface area contributed by atoms with Crippen LogP contribution < -0.4 is 15.0 Å². The van der Waals surface area contributed by atoms with Gasteiger partial charge >= 0.3 is 0 Å². The van der Waals surface area contributed by atoms with Crippen LogP contribution in [0, 0.1) is 0 Å². The molecule has 0 radical (unpaired) electrons. The zero-order valence-electron chi connectivity index (χ0n) is 18.0. The molecule has 1 atom stereocenters. The second-order valence-corrected chi connectivity index (χ2v) is 8.56. The van der Waals surface area contributed by atoms with Gasteiger partial charge in [0.15, 0.2) is 5.69 Å². The molecular weight excluding hydrogens is 414 g/mol. The molecular formula is C23H30ClN5O2. The third-order valence-electron chi connectivity index (χ3n) is 6.12. The Morgan fingerprint density at radius 2 is 1.77 bits per heavy atom. The SMILES string of the molecule is COc1ccc([C@H](CNC(=O)c2nc(N3CCCC3)ncc2Cl)N2CCCCC2)cc1. The van der Waals surface area contributed by atoms with Gasteiger partial charge in [-0.1, -0.05) is 30.2 Å². The molecule has 0 saturated carbocycles. The van der Waals surface area contributed by atoms with E-state index in [-0.39, 0.29) is 22.7 Å². The number of hydrogen-bond donors (Lipinski definition) is 1. The molecule has 8 heteroatoms. The fraction of sp³-hybridized carbons (Fsp3) is 0.522. The van der Waals surface area contributed by atoms with Gasteiger partial charge in [0.1, 0.15) is 5.75 Å². The molecule has 4 rings (SSSR count). The summed E-state index contributed by atoms with van der Waals surface area (Å²) in [5.41, 5.74) is 1.40. The number of likely N-dealkylation sites (tertiary alicyclic amines) is 1. The number of nitrogens with one attached hydrogen (secondary N) is 1. The third kappa shape index (κ3) is 5.28. The lowest BCUT2D eigenvalue weighted by atomic mass is 10.0. The van der Waals surface area contributed by atoms with Crippen LogP contribution in [0.5, 0.6) is 5.75 Å². The highest BCUT2D eigenvalue weighted by Crippen LogP contribution is 2.26. The summed E-state index contributed by atoms with van der Waals surface area (Å²) >= 11 is 6.28. The van der Waals surface area contributed by atoms with Crippen LogP contribution in [0.25, 0.3) is 0 Å². The van der Waals surface area contributed by atoms with Gasteiger partial charge < -0.3 is 15.0 Å². The van der Waals surface area contributed by atoms with E-state index < -0.39 is 0 Å². The van der Waals surface area contributed by atoms with Crippen molar-refractivity contribution in [2.75, 3.05) is 44.7 Å². The number of anilines is 1. The van der Waals surface area contributed by atoms with Crippen molar-refractivity contribution >= 4 is 23.5 Å². The molecule has 0 aliphatic carbocycles. The standard InChI is InChI=1S/C23H30ClN5O2/c1-31-18-9-7-17(8-10-18)20(28-11-3-2-4-12-28)16-25-22(30)21-19(24)15-26-23(27-21)29-13-5-6-14-29/h7-10,15,20H,2-6,11-14,16H2,1H3,(H,25,30)/t20-/m0/s1. The first kappa shape index (κ1) is 21.8. The number of ether oxygens (including phenoxy) is 1. The number of rotatable bonds is 7. The average Bonchev–Trinajstić information content (AvgIpc) is 3.35. The number of methoxy groups -OCH3 is 1. The van der Waals surface area contributed by atoms with Crippen LogP contribution in [0.15, 0.2) is 30.5 Å². The Morgan fingerprint density at radius 3 is 2.45 bits per heavy atom. The number of halogens is 1. The van der Waals surface area contributed by atoms with E-state index in [0.29, 0.717) is 12.5 Å². The first-order valence-corrected chi connectivity index (χ1v) is 11.5. The first-order valence-electron chi connectivity index (χ1n) is 11.1. The molecule has 166 valence electrons. The summed E-state index contributed by atoms with van der Waals surface area (Å²) in [6.07, 6.45) is 7.38. The minimum Gasteiger partial charge on any atom is -0.497 e. The van der Waals surface area contributed by atoms with Crippen molar-refractivity contribution in [1.29, 1.82) is 0 Å². The molecule has 2 aliphatic rings. The molecule has 0 unspecified atom stereocenters. The maximum atomic E-state index is 13.0. The predicted octanol–water partition coefficient (Wildman–Crippen LogP) is 3.70. The van der Waals surface area contributed by atoms with Crippen LogP contribution in [-0.4, -0.2) is 60.6 Å². The Balaban J connectivity index is 1.49. The molecule has 2 aromatic rings. The Morgan fingerprint density at radius 1 is 1.10 bits per heavy atom. The van der Waals surface area contributed by atoms with Crippen LogP contribution >= 0.6 is 11.6 Å². The van der Waals surface area contributed by atoms with E-state index in [2.05, 4.69) is 37.2 Å². The first-order chi connectivity index (χ1) is 15.2. The summed E-state index contributed by atoms with van der Waals surface area (Å²) in [7, 11) is 1.67. The Bertz CT molecular complexity index is 880. The zero-order chi connectivity index (χ0) is 21.6. The van der Waals surface area contributed by atoms with Crippen molar-refractivity contribution < 1.29 is 9.53 Å². The molecule has 2 saturated heterocycles. The van der Waals surface area contributed by atoms with E-state index >= 15 is 0 Å². The lowest BCUT2D eigenvalue weighted by Crippen LogP contribution is -2.41. The maximum absolute atomic E-state index is 13.0. The summed E-state index contributed by atoms with van der Waals surface area (Å²) in [6, 6.07) is 8.18. The molecule has 31 heavy (non-hydrogen) atoms. The highest BCUT2D eigenvalue weighted by atomic mass is 35.5. The Hall–Kier alpha value is -2.38. The number of carbonyl (C=O) groups excluding carboxylic acids is 1. The number of nitrogens with zero attached hydrogens (tertiary/aromatic N) is 4. The van der Waals surface area contributed by atoms with Gasteiger partial charge in [-0.15, -0.1) is 0 Å². The molecule has 7 nitrogen and oxygen atoms in total. The molecule has 1 amide bonds. The van der Waals surface area contributed by atoms with Gasteiger partial charge in [0.05, 0.1) is 24.4 Å². The van der Waals surface area contributed by atoms with Gasteiger partial charge in [-0.25, -0.2) is 9.97 Å². The van der Waals surface area contributed by atoms with E-state index in [9.17, 15) is 4.79 Å². The lowest BCUT2D eigenvalue weighted by molar-refractivity contribution is 0.0919.